The number of rotatable bonds is 2. The Labute approximate surface area is 149 Å². The monoisotopic (exact) mass is 381 g/mol. The van der Waals surface area contributed by atoms with E-state index >= 15 is 0 Å². The van der Waals surface area contributed by atoms with E-state index in [1.165, 1.54) is 11.8 Å². The lowest BCUT2D eigenvalue weighted by Crippen LogP contribution is -2.20. The number of aryl methyl sites for hydroxylation is 2. The van der Waals surface area contributed by atoms with Crippen LogP contribution in [0.15, 0.2) is 12.4 Å². The Balaban J connectivity index is 1.82. The van der Waals surface area contributed by atoms with Gasteiger partial charge >= 0.3 is 0 Å². The molecule has 2 aromatic rings. The molecule has 25 heavy (non-hydrogen) atoms. The first kappa shape index (κ1) is 16.6. The predicted molar refractivity (Wildman–Crippen MR) is 95.4 cm³/mol. The van der Waals surface area contributed by atoms with Gasteiger partial charge in [-0.1, -0.05) is 0 Å². The highest BCUT2D eigenvalue weighted by Crippen LogP contribution is 2.44. The summed E-state index contributed by atoms with van der Waals surface area (Å²) < 4.78 is 27.2. The molecule has 0 saturated carbocycles. The molecule has 0 bridgehead atoms. The molecule has 0 aromatic carbocycles. The first-order valence-electron chi connectivity index (χ1n) is 8.03. The second kappa shape index (κ2) is 5.87. The molecule has 1 fully saturated rings. The Hall–Kier alpha value is -1.81. The maximum Gasteiger partial charge on any atom is 0.235 e. The van der Waals surface area contributed by atoms with Crippen molar-refractivity contribution in [1.29, 1.82) is 0 Å². The van der Waals surface area contributed by atoms with Gasteiger partial charge < -0.3 is 5.32 Å². The van der Waals surface area contributed by atoms with Crippen LogP contribution in [0, 0.1) is 6.92 Å². The summed E-state index contributed by atoms with van der Waals surface area (Å²) in [7, 11) is -1.18. The molecule has 4 rings (SSSR count). The van der Waals surface area contributed by atoms with E-state index in [2.05, 4.69) is 15.5 Å². The topological polar surface area (TPSA) is 98.9 Å². The number of aromatic nitrogens is 4. The third kappa shape index (κ3) is 2.97. The van der Waals surface area contributed by atoms with Gasteiger partial charge in [-0.3, -0.25) is 9.48 Å². The van der Waals surface area contributed by atoms with Gasteiger partial charge in [0, 0.05) is 24.4 Å². The van der Waals surface area contributed by atoms with Crippen LogP contribution in [0.5, 0.6) is 0 Å². The second-order valence-corrected chi connectivity index (χ2v) is 9.86. The normalized spacial score (nSPS) is 25.4. The van der Waals surface area contributed by atoms with Gasteiger partial charge in [0.2, 0.25) is 5.91 Å². The Morgan fingerprint density at radius 3 is 2.84 bits per heavy atom. The number of hydrogen-bond acceptors (Lipinski definition) is 6. The number of hydrogen-bond donors (Lipinski definition) is 1. The minimum atomic E-state index is -3.04. The Kier molecular flexibility index (Phi) is 3.91. The van der Waals surface area contributed by atoms with Crippen LogP contribution in [-0.2, 0) is 21.7 Å². The largest absolute Gasteiger partial charge is 0.310 e. The highest BCUT2D eigenvalue weighted by atomic mass is 32.2. The van der Waals surface area contributed by atoms with Gasteiger partial charge in [0.15, 0.2) is 9.84 Å². The number of anilines is 1. The fourth-order valence-corrected chi connectivity index (χ4v) is 6.33. The van der Waals surface area contributed by atoms with E-state index < -0.39 is 9.84 Å². The van der Waals surface area contributed by atoms with Crippen LogP contribution in [0.4, 0.5) is 5.82 Å². The number of sulfone groups is 1. The molecular formula is C15H19N5O3S2. The Bertz CT molecular complexity index is 947. The van der Waals surface area contributed by atoms with Crippen LogP contribution in [0.3, 0.4) is 0 Å². The molecule has 0 spiro atoms. The summed E-state index contributed by atoms with van der Waals surface area (Å²) in [6, 6.07) is -0.231. The molecule has 4 heterocycles. The summed E-state index contributed by atoms with van der Waals surface area (Å²) in [6.07, 6.45) is 4.26. The van der Waals surface area contributed by atoms with Crippen molar-refractivity contribution in [2.75, 3.05) is 22.6 Å². The maximum atomic E-state index is 12.2. The summed E-state index contributed by atoms with van der Waals surface area (Å²) in [5.41, 5.74) is 2.75. The van der Waals surface area contributed by atoms with Crippen LogP contribution in [0.1, 0.15) is 34.5 Å². The van der Waals surface area contributed by atoms with Crippen molar-refractivity contribution in [1.82, 2.24) is 19.6 Å². The van der Waals surface area contributed by atoms with Crippen molar-refractivity contribution in [2.24, 2.45) is 7.05 Å². The van der Waals surface area contributed by atoms with E-state index in [-0.39, 0.29) is 28.7 Å². The first-order valence-corrected chi connectivity index (χ1v) is 10.9. The van der Waals surface area contributed by atoms with Crippen LogP contribution < -0.4 is 5.32 Å². The molecule has 1 amide bonds. The fraction of sp³-hybridized carbons (Fsp3) is 0.533. The van der Waals surface area contributed by atoms with Crippen molar-refractivity contribution in [2.45, 2.75) is 24.6 Å². The lowest BCUT2D eigenvalue weighted by atomic mass is 10.1. The molecule has 0 radical (unpaired) electrons. The molecule has 1 saturated heterocycles. The zero-order valence-corrected chi connectivity index (χ0v) is 15.6. The SMILES string of the molecule is Cc1nn([C@@H]2CCS(=O)(=O)C2)c2c1[C@@H](c1cnn(C)c1)SCC(=O)N2. The average Bonchev–Trinajstić information content (AvgIpc) is 3.16. The summed E-state index contributed by atoms with van der Waals surface area (Å²) >= 11 is 1.53. The van der Waals surface area contributed by atoms with E-state index in [0.717, 1.165) is 16.8 Å². The Morgan fingerprint density at radius 1 is 1.40 bits per heavy atom. The van der Waals surface area contributed by atoms with Crippen LogP contribution in [-0.4, -0.2) is 51.1 Å². The lowest BCUT2D eigenvalue weighted by Gasteiger charge is -2.15. The summed E-state index contributed by atoms with van der Waals surface area (Å²) in [6.45, 7) is 1.90. The van der Waals surface area contributed by atoms with E-state index in [1.54, 1.807) is 15.6 Å². The van der Waals surface area contributed by atoms with Gasteiger partial charge in [-0.25, -0.2) is 13.1 Å². The summed E-state index contributed by atoms with van der Waals surface area (Å²) in [5.74, 6) is 1.10. The van der Waals surface area contributed by atoms with Gasteiger partial charge in [0.05, 0.1) is 40.4 Å². The zero-order valence-electron chi connectivity index (χ0n) is 14.0. The highest BCUT2D eigenvalue weighted by Gasteiger charge is 2.36. The number of carbonyl (C=O) groups excluding carboxylic acids is 1. The van der Waals surface area contributed by atoms with E-state index in [0.29, 0.717) is 18.0 Å². The first-order chi connectivity index (χ1) is 11.8. The van der Waals surface area contributed by atoms with Gasteiger partial charge in [0.25, 0.3) is 0 Å². The fourth-order valence-electron chi connectivity index (χ4n) is 3.48. The van der Waals surface area contributed by atoms with Gasteiger partial charge in [-0.05, 0) is 13.3 Å². The third-order valence-corrected chi connectivity index (χ3v) is 7.64. The summed E-state index contributed by atoms with van der Waals surface area (Å²) in [5, 5.41) is 11.7. The standard InChI is InChI=1S/C15H19N5O3S2/c1-9-13-14(10-5-16-19(2)6-10)24-7-12(21)17-15(13)20(18-9)11-3-4-25(22,23)8-11/h5-6,11,14H,3-4,7-8H2,1-2H3,(H,17,21)/t11-,14-/m1/s1. The van der Waals surface area contributed by atoms with Crippen LogP contribution >= 0.6 is 11.8 Å². The van der Waals surface area contributed by atoms with Gasteiger partial charge in [-0.15, -0.1) is 11.8 Å². The Morgan fingerprint density at radius 2 is 2.20 bits per heavy atom. The molecule has 8 nitrogen and oxygen atoms in total. The molecule has 10 heteroatoms. The number of nitrogens with one attached hydrogen (secondary N) is 1. The highest BCUT2D eigenvalue weighted by molar-refractivity contribution is 8.00. The van der Waals surface area contributed by atoms with E-state index in [1.807, 2.05) is 20.2 Å². The third-order valence-electron chi connectivity index (χ3n) is 4.61. The molecule has 1 N–H and O–H groups in total. The lowest BCUT2D eigenvalue weighted by molar-refractivity contribution is -0.113. The minimum Gasteiger partial charge on any atom is -0.310 e. The zero-order chi connectivity index (χ0) is 17.8. The van der Waals surface area contributed by atoms with E-state index in [9.17, 15) is 13.2 Å². The number of carbonyl (C=O) groups is 1. The van der Waals surface area contributed by atoms with Crippen molar-refractivity contribution < 1.29 is 13.2 Å². The molecule has 2 aliphatic heterocycles. The number of amides is 1. The summed E-state index contributed by atoms with van der Waals surface area (Å²) in [4.78, 5) is 12.2. The minimum absolute atomic E-state index is 0.0607. The number of fused-ring (bicyclic) bond motifs is 1. The molecule has 2 aromatic heterocycles. The molecule has 2 aliphatic rings. The predicted octanol–water partition coefficient (Wildman–Crippen LogP) is 1.06. The average molecular weight is 381 g/mol. The van der Waals surface area contributed by atoms with Crippen molar-refractivity contribution >= 4 is 33.3 Å². The molecular weight excluding hydrogens is 362 g/mol. The molecule has 2 atom stereocenters. The molecule has 0 unspecified atom stereocenters. The van der Waals surface area contributed by atoms with Gasteiger partial charge in [0.1, 0.15) is 5.82 Å². The second-order valence-electron chi connectivity index (χ2n) is 6.54. The van der Waals surface area contributed by atoms with Gasteiger partial charge in [-0.2, -0.15) is 10.2 Å². The molecule has 0 aliphatic carbocycles. The number of nitrogens with zero attached hydrogens (tertiary/aromatic N) is 4. The molecule has 134 valence electrons. The van der Waals surface area contributed by atoms with E-state index in [4.69, 9.17) is 0 Å². The maximum absolute atomic E-state index is 12.2. The number of thioether (sulfide) groups is 1. The van der Waals surface area contributed by atoms with Crippen molar-refractivity contribution in [3.8, 4) is 0 Å². The van der Waals surface area contributed by atoms with Crippen molar-refractivity contribution in [3.05, 3.63) is 29.2 Å². The smallest absolute Gasteiger partial charge is 0.235 e. The quantitative estimate of drug-likeness (QED) is 0.835. The van der Waals surface area contributed by atoms with Crippen LogP contribution in [0.25, 0.3) is 0 Å². The van der Waals surface area contributed by atoms with Crippen molar-refractivity contribution in [3.63, 3.8) is 0 Å². The van der Waals surface area contributed by atoms with Crippen LogP contribution in [0.2, 0.25) is 0 Å².